The number of nitrogens with one attached hydrogen (secondary N) is 2. The number of hydrogen-bond acceptors (Lipinski definition) is 5. The van der Waals surface area contributed by atoms with E-state index in [4.69, 9.17) is 28.3 Å². The lowest BCUT2D eigenvalue weighted by molar-refractivity contribution is -0.147. The number of guanidine groups is 1. The maximum Gasteiger partial charge on any atom is 0.248 e. The average molecular weight is 589 g/mol. The molecule has 43 heavy (non-hydrogen) atoms. The number of hydrogen-bond donors (Lipinski definition) is 6. The lowest BCUT2D eigenvalue weighted by Crippen LogP contribution is -2.53. The highest BCUT2D eigenvalue weighted by Gasteiger charge is 2.41. The Morgan fingerprint density at radius 3 is 2.33 bits per heavy atom. The summed E-state index contributed by atoms with van der Waals surface area (Å²) in [5.74, 6) is -1.30. The zero-order chi connectivity index (χ0) is 30.9. The van der Waals surface area contributed by atoms with Crippen LogP contribution in [-0.2, 0) is 27.2 Å². The standard InChI is InChI=1S/C32H44N8O3/c33-28(34)23-14-12-20(13-15-23)19-25(21-7-2-1-3-8-21)31(43)40-18-16-22-9-4-5-10-24(22)27(40)30(42)39-26(29(35)41)11-6-17-38-32(36)37/h4-5,9-10,12-15,21,25-27H,1-3,6-8,11,16-19H2,(H3,33,34)(H2,35,41)(H,39,42)(H4,36,37,38)/t25?,26-,27?/m0/s1. The molecule has 2 aliphatic rings. The van der Waals surface area contributed by atoms with Gasteiger partial charge in [0.25, 0.3) is 0 Å². The van der Waals surface area contributed by atoms with Crippen molar-refractivity contribution in [3.8, 4) is 0 Å². The van der Waals surface area contributed by atoms with Crippen molar-refractivity contribution in [3.63, 3.8) is 0 Å². The summed E-state index contributed by atoms with van der Waals surface area (Å²) in [6.07, 6.45) is 7.10. The molecule has 0 aromatic heterocycles. The molecule has 1 aliphatic carbocycles. The molecule has 2 unspecified atom stereocenters. The third kappa shape index (κ3) is 8.12. The average Bonchev–Trinajstić information content (AvgIpc) is 3.00. The molecular weight excluding hydrogens is 544 g/mol. The van der Waals surface area contributed by atoms with E-state index >= 15 is 0 Å². The van der Waals surface area contributed by atoms with Crippen LogP contribution in [-0.4, -0.2) is 53.5 Å². The van der Waals surface area contributed by atoms with Crippen LogP contribution in [0.25, 0.3) is 0 Å². The van der Waals surface area contributed by atoms with Gasteiger partial charge in [-0.05, 0) is 61.1 Å². The molecule has 11 nitrogen and oxygen atoms in total. The zero-order valence-corrected chi connectivity index (χ0v) is 24.6. The number of nitrogens with two attached hydrogens (primary N) is 4. The molecule has 11 heteroatoms. The zero-order valence-electron chi connectivity index (χ0n) is 24.6. The van der Waals surface area contributed by atoms with E-state index in [1.54, 1.807) is 4.90 Å². The summed E-state index contributed by atoms with van der Waals surface area (Å²) in [6, 6.07) is 13.3. The molecular formula is C32H44N8O3. The van der Waals surface area contributed by atoms with Gasteiger partial charge in [0, 0.05) is 24.6 Å². The Balaban J connectivity index is 1.62. The first-order chi connectivity index (χ1) is 20.7. The molecule has 0 radical (unpaired) electrons. The van der Waals surface area contributed by atoms with Crippen molar-refractivity contribution in [2.45, 2.75) is 69.9 Å². The Hall–Kier alpha value is -4.41. The summed E-state index contributed by atoms with van der Waals surface area (Å²) < 4.78 is 0. The highest BCUT2D eigenvalue weighted by molar-refractivity contribution is 5.95. The summed E-state index contributed by atoms with van der Waals surface area (Å²) in [6.45, 7) is 0.696. The second kappa shape index (κ2) is 14.7. The molecule has 1 aliphatic heterocycles. The van der Waals surface area contributed by atoms with Crippen LogP contribution in [0.3, 0.4) is 0 Å². The van der Waals surface area contributed by atoms with Gasteiger partial charge in [0.15, 0.2) is 5.96 Å². The number of carbonyl (C=O) groups is 3. The Labute approximate surface area is 253 Å². The van der Waals surface area contributed by atoms with Crippen molar-refractivity contribution < 1.29 is 14.4 Å². The minimum Gasteiger partial charge on any atom is -0.384 e. The Morgan fingerprint density at radius 1 is 0.977 bits per heavy atom. The van der Waals surface area contributed by atoms with Crippen LogP contribution in [0.2, 0.25) is 0 Å². The summed E-state index contributed by atoms with van der Waals surface area (Å²) in [7, 11) is 0. The lowest BCUT2D eigenvalue weighted by Gasteiger charge is -2.41. The van der Waals surface area contributed by atoms with Gasteiger partial charge < -0.3 is 33.2 Å². The molecule has 230 valence electrons. The molecule has 1 fully saturated rings. The number of nitrogens with zero attached hydrogens (tertiary/aromatic N) is 2. The second-order valence-corrected chi connectivity index (χ2v) is 11.6. The van der Waals surface area contributed by atoms with Crippen molar-refractivity contribution in [2.75, 3.05) is 13.1 Å². The normalized spacial score (nSPS) is 18.1. The van der Waals surface area contributed by atoms with Crippen LogP contribution in [0.15, 0.2) is 53.5 Å². The first-order valence-electron chi connectivity index (χ1n) is 15.1. The summed E-state index contributed by atoms with van der Waals surface area (Å²) in [5, 5.41) is 10.5. The number of amides is 3. The number of aliphatic imine (C=N–C) groups is 1. The van der Waals surface area contributed by atoms with E-state index < -0.39 is 23.9 Å². The number of benzene rings is 2. The Bertz CT molecular complexity index is 1330. The number of primary amides is 1. The maximum absolute atomic E-state index is 14.6. The van der Waals surface area contributed by atoms with Crippen LogP contribution in [0.1, 0.15) is 73.2 Å². The van der Waals surface area contributed by atoms with Gasteiger partial charge in [0.1, 0.15) is 17.9 Å². The van der Waals surface area contributed by atoms with Crippen molar-refractivity contribution in [2.24, 2.45) is 39.8 Å². The topological polar surface area (TPSA) is 207 Å². The first kappa shape index (κ1) is 31.5. The van der Waals surface area contributed by atoms with Gasteiger partial charge in [-0.3, -0.25) is 24.8 Å². The number of nitrogen functional groups attached to an aromatic ring is 1. The van der Waals surface area contributed by atoms with Gasteiger partial charge in [-0.2, -0.15) is 0 Å². The van der Waals surface area contributed by atoms with Crippen molar-refractivity contribution in [1.29, 1.82) is 5.41 Å². The number of amidine groups is 1. The predicted molar refractivity (Wildman–Crippen MR) is 167 cm³/mol. The van der Waals surface area contributed by atoms with Crippen LogP contribution < -0.4 is 28.3 Å². The number of rotatable bonds is 12. The maximum atomic E-state index is 14.6. The molecule has 3 atom stereocenters. The fraction of sp³-hybridized carbons (Fsp3) is 0.469. The molecule has 1 heterocycles. The Morgan fingerprint density at radius 2 is 1.67 bits per heavy atom. The predicted octanol–water partition coefficient (Wildman–Crippen LogP) is 1.86. The molecule has 3 amide bonds. The van der Waals surface area contributed by atoms with E-state index in [9.17, 15) is 14.4 Å². The van der Waals surface area contributed by atoms with Gasteiger partial charge in [-0.15, -0.1) is 0 Å². The molecule has 2 aromatic rings. The van der Waals surface area contributed by atoms with Crippen LogP contribution in [0.4, 0.5) is 0 Å². The monoisotopic (exact) mass is 588 g/mol. The minimum absolute atomic E-state index is 0.00204. The lowest BCUT2D eigenvalue weighted by atomic mass is 9.76. The van der Waals surface area contributed by atoms with E-state index in [-0.39, 0.29) is 36.0 Å². The van der Waals surface area contributed by atoms with Gasteiger partial charge in [-0.25, -0.2) is 0 Å². The summed E-state index contributed by atoms with van der Waals surface area (Å²) in [5.41, 5.74) is 25.5. The van der Waals surface area contributed by atoms with Gasteiger partial charge >= 0.3 is 0 Å². The fourth-order valence-corrected chi connectivity index (χ4v) is 6.41. The van der Waals surface area contributed by atoms with Gasteiger partial charge in [0.05, 0.1) is 0 Å². The molecule has 0 saturated heterocycles. The fourth-order valence-electron chi connectivity index (χ4n) is 6.41. The summed E-state index contributed by atoms with van der Waals surface area (Å²) in [4.78, 5) is 46.5. The number of carbonyl (C=O) groups excluding carboxylic acids is 3. The van der Waals surface area contributed by atoms with Crippen LogP contribution >= 0.6 is 0 Å². The minimum atomic E-state index is -0.929. The highest BCUT2D eigenvalue weighted by Crippen LogP contribution is 2.37. The molecule has 2 aromatic carbocycles. The van der Waals surface area contributed by atoms with Gasteiger partial charge in [0.2, 0.25) is 17.7 Å². The van der Waals surface area contributed by atoms with Crippen molar-refractivity contribution in [3.05, 3.63) is 70.8 Å². The third-order valence-corrected chi connectivity index (χ3v) is 8.68. The highest BCUT2D eigenvalue weighted by atomic mass is 16.2. The van der Waals surface area contributed by atoms with Crippen molar-refractivity contribution >= 4 is 29.5 Å². The van der Waals surface area contributed by atoms with E-state index in [1.165, 1.54) is 0 Å². The molecule has 0 bridgehead atoms. The van der Waals surface area contributed by atoms with E-state index in [2.05, 4.69) is 10.3 Å². The van der Waals surface area contributed by atoms with Crippen LogP contribution in [0.5, 0.6) is 0 Å². The molecule has 10 N–H and O–H groups in total. The third-order valence-electron chi connectivity index (χ3n) is 8.68. The SMILES string of the molecule is N=C(N)c1ccc(CC(C(=O)N2CCc3ccccc3C2C(=O)N[C@@H](CCCN=C(N)N)C(N)=O)C2CCCCC2)cc1. The van der Waals surface area contributed by atoms with E-state index in [0.717, 1.165) is 48.8 Å². The summed E-state index contributed by atoms with van der Waals surface area (Å²) >= 11 is 0. The number of fused-ring (bicyclic) bond motifs is 1. The Kier molecular flexibility index (Phi) is 10.7. The van der Waals surface area contributed by atoms with Crippen molar-refractivity contribution in [1.82, 2.24) is 10.2 Å². The van der Waals surface area contributed by atoms with E-state index in [0.29, 0.717) is 37.9 Å². The molecule has 4 rings (SSSR count). The largest absolute Gasteiger partial charge is 0.384 e. The molecule has 0 spiro atoms. The van der Waals surface area contributed by atoms with Crippen LogP contribution in [0, 0.1) is 17.2 Å². The first-order valence-corrected chi connectivity index (χ1v) is 15.1. The van der Waals surface area contributed by atoms with E-state index in [1.807, 2.05) is 48.5 Å². The smallest absolute Gasteiger partial charge is 0.248 e. The quantitative estimate of drug-likeness (QED) is 0.124. The second-order valence-electron chi connectivity index (χ2n) is 11.6. The molecule has 1 saturated carbocycles. The van der Waals surface area contributed by atoms with Gasteiger partial charge in [-0.1, -0.05) is 67.8 Å².